The molecule has 1 saturated heterocycles. The van der Waals surface area contributed by atoms with Gasteiger partial charge in [-0.25, -0.2) is 14.8 Å². The topological polar surface area (TPSA) is 96.0 Å². The van der Waals surface area contributed by atoms with Crippen molar-refractivity contribution in [2.24, 2.45) is 0 Å². The Hall–Kier alpha value is -4.09. The molecule has 2 aromatic carbocycles. The maximum atomic E-state index is 13.5. The third kappa shape index (κ3) is 5.58. The van der Waals surface area contributed by atoms with Gasteiger partial charge in [0.25, 0.3) is 5.91 Å². The Kier molecular flexibility index (Phi) is 7.71. The molecule has 1 aliphatic heterocycles. The normalized spacial score (nSPS) is 15.2. The fourth-order valence-corrected chi connectivity index (χ4v) is 4.03. The minimum atomic E-state index is -0.931. The Morgan fingerprint density at radius 3 is 2.31 bits per heavy atom. The lowest BCUT2D eigenvalue weighted by molar-refractivity contribution is -0.125. The molecule has 3 aromatic rings. The number of amides is 2. The van der Waals surface area contributed by atoms with Crippen molar-refractivity contribution >= 4 is 40.6 Å². The van der Waals surface area contributed by atoms with Gasteiger partial charge >= 0.3 is 0 Å². The molecule has 2 N–H and O–H groups in total. The maximum absolute atomic E-state index is 13.5. The number of carbonyl (C=O) groups excluding carboxylic acids is 2. The molecule has 4 rings (SSSR count). The molecule has 9 nitrogen and oxygen atoms in total. The Morgan fingerprint density at radius 2 is 1.69 bits per heavy atom. The molecule has 1 atom stereocenters. The number of aromatic nitrogens is 1. The zero-order chi connectivity index (χ0) is 25.7. The average Bonchev–Trinajstić information content (AvgIpc) is 3.12. The van der Waals surface area contributed by atoms with E-state index in [2.05, 4.69) is 15.7 Å². The van der Waals surface area contributed by atoms with Crippen molar-refractivity contribution in [3.63, 3.8) is 0 Å². The molecule has 36 heavy (non-hydrogen) atoms. The smallest absolute Gasteiger partial charge is 0.258 e. The van der Waals surface area contributed by atoms with Crippen LogP contribution in [0.2, 0.25) is 0 Å². The standard InChI is InChI=1S/C25H24FN5O4S/c1-34-19-9-3-16(4-10-19)14-28-31-21(13-23(32)29-22-12-11-20(35-2)15-27-22)24(33)30(25(31)36)18-7-5-17(26)6-8-18/h3-12,15,21,28H,13-14H2,1-2H3,(H,27,29,32). The number of ether oxygens (including phenoxy) is 2. The van der Waals surface area contributed by atoms with Crippen molar-refractivity contribution in [3.05, 3.63) is 78.2 Å². The van der Waals surface area contributed by atoms with Gasteiger partial charge in [0.1, 0.15) is 29.2 Å². The molecule has 186 valence electrons. The number of halogens is 1. The fraction of sp³-hybridized carbons (Fsp3) is 0.200. The van der Waals surface area contributed by atoms with Gasteiger partial charge in [-0.3, -0.25) is 19.5 Å². The predicted octanol–water partition coefficient (Wildman–Crippen LogP) is 3.27. The summed E-state index contributed by atoms with van der Waals surface area (Å²) in [5, 5.41) is 4.33. The van der Waals surface area contributed by atoms with Gasteiger partial charge in [0, 0.05) is 6.54 Å². The van der Waals surface area contributed by atoms with E-state index in [1.165, 1.54) is 47.5 Å². The second kappa shape index (κ2) is 11.1. The zero-order valence-electron chi connectivity index (χ0n) is 19.6. The first-order valence-corrected chi connectivity index (χ1v) is 11.4. The highest BCUT2D eigenvalue weighted by Crippen LogP contribution is 2.27. The molecule has 11 heteroatoms. The van der Waals surface area contributed by atoms with Gasteiger partial charge in [-0.05, 0) is 66.3 Å². The van der Waals surface area contributed by atoms with Gasteiger partial charge in [-0.1, -0.05) is 12.1 Å². The molecule has 0 aliphatic carbocycles. The summed E-state index contributed by atoms with van der Waals surface area (Å²) in [5.41, 5.74) is 4.48. The van der Waals surface area contributed by atoms with E-state index in [4.69, 9.17) is 21.7 Å². The van der Waals surface area contributed by atoms with Gasteiger partial charge < -0.3 is 14.8 Å². The second-order valence-electron chi connectivity index (χ2n) is 7.84. The van der Waals surface area contributed by atoms with Crippen LogP contribution in [0.25, 0.3) is 0 Å². The van der Waals surface area contributed by atoms with Crippen LogP contribution in [0.5, 0.6) is 11.5 Å². The van der Waals surface area contributed by atoms with E-state index in [0.717, 1.165) is 11.3 Å². The van der Waals surface area contributed by atoms with E-state index in [9.17, 15) is 14.0 Å². The third-order valence-corrected chi connectivity index (χ3v) is 5.91. The zero-order valence-corrected chi connectivity index (χ0v) is 20.4. The molecular formula is C25H24FN5O4S. The van der Waals surface area contributed by atoms with Crippen LogP contribution in [-0.2, 0) is 16.1 Å². The quantitative estimate of drug-likeness (QED) is 0.425. The molecule has 2 heterocycles. The SMILES string of the molecule is COc1ccc(CNN2C(=S)N(c3ccc(F)cc3)C(=O)C2CC(=O)Nc2ccc(OC)cn2)cc1. The number of nitrogens with zero attached hydrogens (tertiary/aromatic N) is 3. The van der Waals surface area contributed by atoms with Crippen LogP contribution in [0.3, 0.4) is 0 Å². The summed E-state index contributed by atoms with van der Waals surface area (Å²) < 4.78 is 23.7. The van der Waals surface area contributed by atoms with E-state index in [-0.39, 0.29) is 11.5 Å². The lowest BCUT2D eigenvalue weighted by atomic mass is 10.1. The van der Waals surface area contributed by atoms with Crippen molar-refractivity contribution in [1.29, 1.82) is 0 Å². The Balaban J connectivity index is 1.53. The van der Waals surface area contributed by atoms with E-state index < -0.39 is 23.7 Å². The molecule has 2 amide bonds. The van der Waals surface area contributed by atoms with Crippen LogP contribution in [0.1, 0.15) is 12.0 Å². The molecule has 0 spiro atoms. The molecule has 1 unspecified atom stereocenters. The lowest BCUT2D eigenvalue weighted by Crippen LogP contribution is -2.46. The monoisotopic (exact) mass is 509 g/mol. The first-order chi connectivity index (χ1) is 17.4. The van der Waals surface area contributed by atoms with Crippen LogP contribution in [-0.4, -0.2) is 47.2 Å². The van der Waals surface area contributed by atoms with E-state index in [1.54, 1.807) is 19.2 Å². The third-order valence-electron chi connectivity index (χ3n) is 5.53. The van der Waals surface area contributed by atoms with Crippen LogP contribution in [0.15, 0.2) is 66.9 Å². The van der Waals surface area contributed by atoms with Gasteiger partial charge in [0.15, 0.2) is 5.11 Å². The lowest BCUT2D eigenvalue weighted by Gasteiger charge is -2.24. The summed E-state index contributed by atoms with van der Waals surface area (Å²) in [6.45, 7) is 0.340. The number of hydrogen-bond donors (Lipinski definition) is 2. The van der Waals surface area contributed by atoms with E-state index in [0.29, 0.717) is 23.8 Å². The fourth-order valence-electron chi connectivity index (χ4n) is 3.64. The molecule has 1 aliphatic rings. The largest absolute Gasteiger partial charge is 0.497 e. The highest BCUT2D eigenvalue weighted by molar-refractivity contribution is 7.80. The molecule has 1 aromatic heterocycles. The van der Waals surface area contributed by atoms with Crippen molar-refractivity contribution in [3.8, 4) is 11.5 Å². The highest BCUT2D eigenvalue weighted by Gasteiger charge is 2.44. The van der Waals surface area contributed by atoms with Crippen molar-refractivity contribution in [2.45, 2.75) is 19.0 Å². The average molecular weight is 510 g/mol. The van der Waals surface area contributed by atoms with Crippen LogP contribution < -0.4 is 25.1 Å². The highest BCUT2D eigenvalue weighted by atomic mass is 32.1. The van der Waals surface area contributed by atoms with Crippen LogP contribution >= 0.6 is 12.2 Å². The van der Waals surface area contributed by atoms with E-state index in [1.807, 2.05) is 24.3 Å². The molecule has 0 radical (unpaired) electrons. The van der Waals surface area contributed by atoms with Gasteiger partial charge in [-0.15, -0.1) is 0 Å². The first-order valence-electron chi connectivity index (χ1n) is 11.0. The molecule has 0 saturated carbocycles. The Labute approximate surface area is 212 Å². The summed E-state index contributed by atoms with van der Waals surface area (Å²) in [4.78, 5) is 31.7. The minimum absolute atomic E-state index is 0.153. The van der Waals surface area contributed by atoms with Crippen LogP contribution in [0, 0.1) is 5.82 Å². The Bertz CT molecular complexity index is 1240. The summed E-state index contributed by atoms with van der Waals surface area (Å²) in [5.74, 6) is 0.316. The first kappa shape index (κ1) is 25.0. The van der Waals surface area contributed by atoms with Crippen molar-refractivity contribution < 1.29 is 23.5 Å². The molecule has 1 fully saturated rings. The number of hydrazine groups is 1. The second-order valence-corrected chi connectivity index (χ2v) is 8.20. The number of hydrogen-bond acceptors (Lipinski definition) is 7. The van der Waals surface area contributed by atoms with Crippen LogP contribution in [0.4, 0.5) is 15.9 Å². The number of carbonyl (C=O) groups is 2. The van der Waals surface area contributed by atoms with Gasteiger partial charge in [0.2, 0.25) is 5.91 Å². The number of benzene rings is 2. The summed E-state index contributed by atoms with van der Waals surface area (Å²) in [6.07, 6.45) is 1.28. The number of anilines is 2. The summed E-state index contributed by atoms with van der Waals surface area (Å²) >= 11 is 5.59. The van der Waals surface area contributed by atoms with Gasteiger partial charge in [0.05, 0.1) is 32.5 Å². The number of thiocarbonyl (C=S) groups is 1. The van der Waals surface area contributed by atoms with Crippen molar-refractivity contribution in [1.82, 2.24) is 15.4 Å². The van der Waals surface area contributed by atoms with Gasteiger partial charge in [-0.2, -0.15) is 0 Å². The molecule has 0 bridgehead atoms. The number of pyridine rings is 1. The molecular weight excluding hydrogens is 485 g/mol. The van der Waals surface area contributed by atoms with E-state index >= 15 is 0 Å². The maximum Gasteiger partial charge on any atom is 0.258 e. The number of nitrogens with one attached hydrogen (secondary N) is 2. The predicted molar refractivity (Wildman–Crippen MR) is 136 cm³/mol. The number of methoxy groups -OCH3 is 2. The summed E-state index contributed by atoms with van der Waals surface area (Å²) in [7, 11) is 3.10. The number of rotatable bonds is 9. The minimum Gasteiger partial charge on any atom is -0.497 e. The Morgan fingerprint density at radius 1 is 1.03 bits per heavy atom. The van der Waals surface area contributed by atoms with Crippen molar-refractivity contribution in [2.75, 3.05) is 24.4 Å². The summed E-state index contributed by atoms with van der Waals surface area (Å²) in [6, 6.07) is 15.1.